The number of hydrogen-bond donors (Lipinski definition) is 1. The Balaban J connectivity index is 1.69. The van der Waals surface area contributed by atoms with E-state index in [-0.39, 0.29) is 11.7 Å². The molecule has 1 amide bonds. The van der Waals surface area contributed by atoms with E-state index in [0.717, 1.165) is 34.6 Å². The summed E-state index contributed by atoms with van der Waals surface area (Å²) in [5, 5.41) is 12.4. The van der Waals surface area contributed by atoms with Crippen LogP contribution in [-0.4, -0.2) is 44.6 Å². The maximum atomic E-state index is 12.5. The van der Waals surface area contributed by atoms with E-state index < -0.39 is 0 Å². The molecule has 0 spiro atoms. The van der Waals surface area contributed by atoms with Gasteiger partial charge >= 0.3 is 0 Å². The molecule has 0 aliphatic carbocycles. The third-order valence-corrected chi connectivity index (χ3v) is 5.33. The molecule has 3 rings (SSSR count). The predicted molar refractivity (Wildman–Crippen MR) is 120 cm³/mol. The molecule has 0 saturated carbocycles. The van der Waals surface area contributed by atoms with E-state index in [2.05, 4.69) is 26.6 Å². The van der Waals surface area contributed by atoms with Gasteiger partial charge in [-0.1, -0.05) is 17.8 Å². The number of aryl methyl sites for hydroxylation is 2. The highest BCUT2D eigenvalue weighted by atomic mass is 32.2. The first-order chi connectivity index (χ1) is 14.6. The maximum Gasteiger partial charge on any atom is 0.234 e. The van der Waals surface area contributed by atoms with Crippen LogP contribution in [0.3, 0.4) is 0 Å². The molecule has 8 heteroatoms. The third kappa shape index (κ3) is 6.14. The Kier molecular flexibility index (Phi) is 7.98. The van der Waals surface area contributed by atoms with E-state index in [1.807, 2.05) is 49.6 Å². The Labute approximate surface area is 181 Å². The van der Waals surface area contributed by atoms with Crippen molar-refractivity contribution in [1.82, 2.24) is 19.7 Å². The van der Waals surface area contributed by atoms with Crippen molar-refractivity contribution in [3.8, 4) is 11.4 Å². The summed E-state index contributed by atoms with van der Waals surface area (Å²) in [6, 6.07) is 9.82. The van der Waals surface area contributed by atoms with Crippen LogP contribution >= 0.6 is 11.8 Å². The average Bonchev–Trinajstić information content (AvgIpc) is 3.12. The Bertz CT molecular complexity index is 955. The second kappa shape index (κ2) is 10.9. The van der Waals surface area contributed by atoms with E-state index in [9.17, 15) is 4.79 Å². The van der Waals surface area contributed by atoms with E-state index in [4.69, 9.17) is 4.74 Å². The number of carbonyl (C=O) groups excluding carboxylic acids is 1. The standard InChI is InChI=1S/C22H27N5O2S/c1-4-29-11-5-10-27-21(18-6-8-23-9-7-18)25-26-22(27)30-15-20(28)24-19-13-16(2)12-17(3)14-19/h6-9,12-14H,4-5,10-11,15H2,1-3H3,(H,24,28). The van der Waals surface area contributed by atoms with Gasteiger partial charge in [0.25, 0.3) is 0 Å². The van der Waals surface area contributed by atoms with Crippen molar-refractivity contribution in [1.29, 1.82) is 0 Å². The zero-order valence-electron chi connectivity index (χ0n) is 17.6. The highest BCUT2D eigenvalue weighted by Gasteiger charge is 2.16. The SMILES string of the molecule is CCOCCCn1c(SCC(=O)Nc2cc(C)cc(C)c2)nnc1-c1ccncc1. The second-order valence-corrected chi connectivity index (χ2v) is 7.90. The van der Waals surface area contributed by atoms with Crippen molar-refractivity contribution < 1.29 is 9.53 Å². The minimum atomic E-state index is -0.0701. The van der Waals surface area contributed by atoms with Crippen LogP contribution in [-0.2, 0) is 16.1 Å². The van der Waals surface area contributed by atoms with Gasteiger partial charge in [-0.25, -0.2) is 0 Å². The molecule has 7 nitrogen and oxygen atoms in total. The van der Waals surface area contributed by atoms with Gasteiger partial charge in [0.05, 0.1) is 5.75 Å². The predicted octanol–water partition coefficient (Wildman–Crippen LogP) is 4.11. The smallest absolute Gasteiger partial charge is 0.234 e. The lowest BCUT2D eigenvalue weighted by atomic mass is 10.1. The van der Waals surface area contributed by atoms with E-state index in [1.54, 1.807) is 12.4 Å². The summed E-state index contributed by atoms with van der Waals surface area (Å²) in [6.45, 7) is 8.09. The lowest BCUT2D eigenvalue weighted by Gasteiger charge is -2.11. The number of hydrogen-bond acceptors (Lipinski definition) is 6. The fourth-order valence-electron chi connectivity index (χ4n) is 3.15. The lowest BCUT2D eigenvalue weighted by molar-refractivity contribution is -0.113. The lowest BCUT2D eigenvalue weighted by Crippen LogP contribution is -2.15. The summed E-state index contributed by atoms with van der Waals surface area (Å²) in [5.41, 5.74) is 4.00. The number of pyridine rings is 1. The van der Waals surface area contributed by atoms with Crippen LogP contribution in [0.5, 0.6) is 0 Å². The molecular weight excluding hydrogens is 398 g/mol. The highest BCUT2D eigenvalue weighted by Crippen LogP contribution is 2.24. The molecular formula is C22H27N5O2S. The summed E-state index contributed by atoms with van der Waals surface area (Å²) in [4.78, 5) is 16.5. The largest absolute Gasteiger partial charge is 0.382 e. The zero-order valence-corrected chi connectivity index (χ0v) is 18.4. The number of nitrogens with zero attached hydrogens (tertiary/aromatic N) is 4. The van der Waals surface area contributed by atoms with Crippen LogP contribution in [0.2, 0.25) is 0 Å². The summed E-state index contributed by atoms with van der Waals surface area (Å²) in [6.07, 6.45) is 4.31. The third-order valence-electron chi connectivity index (χ3n) is 4.37. The molecule has 2 heterocycles. The molecule has 1 aromatic carbocycles. The number of nitrogens with one attached hydrogen (secondary N) is 1. The second-order valence-electron chi connectivity index (χ2n) is 6.96. The average molecular weight is 426 g/mol. The number of amides is 1. The fraction of sp³-hybridized carbons (Fsp3) is 0.364. The Morgan fingerprint density at radius 1 is 1.13 bits per heavy atom. The van der Waals surface area contributed by atoms with Crippen molar-refractivity contribution in [3.63, 3.8) is 0 Å². The molecule has 158 valence electrons. The zero-order chi connectivity index (χ0) is 21.3. The van der Waals surface area contributed by atoms with E-state index in [0.29, 0.717) is 24.9 Å². The molecule has 3 aromatic rings. The van der Waals surface area contributed by atoms with Crippen molar-refractivity contribution >= 4 is 23.4 Å². The maximum absolute atomic E-state index is 12.5. The number of carbonyl (C=O) groups is 1. The molecule has 0 saturated heterocycles. The first-order valence-electron chi connectivity index (χ1n) is 9.99. The van der Waals surface area contributed by atoms with Gasteiger partial charge in [-0.05, 0) is 62.6 Å². The summed E-state index contributed by atoms with van der Waals surface area (Å²) in [5.74, 6) is 0.956. The molecule has 0 fully saturated rings. The highest BCUT2D eigenvalue weighted by molar-refractivity contribution is 7.99. The van der Waals surface area contributed by atoms with Gasteiger partial charge < -0.3 is 14.6 Å². The Morgan fingerprint density at radius 2 is 1.87 bits per heavy atom. The summed E-state index contributed by atoms with van der Waals surface area (Å²) in [7, 11) is 0. The van der Waals surface area contributed by atoms with E-state index in [1.165, 1.54) is 11.8 Å². The first kappa shape index (κ1) is 22.0. The molecule has 0 unspecified atom stereocenters. The van der Waals surface area contributed by atoms with Crippen LogP contribution in [0, 0.1) is 13.8 Å². The quantitative estimate of drug-likeness (QED) is 0.389. The molecule has 30 heavy (non-hydrogen) atoms. The number of thioether (sulfide) groups is 1. The van der Waals surface area contributed by atoms with Gasteiger partial charge in [-0.2, -0.15) is 0 Å². The van der Waals surface area contributed by atoms with Crippen LogP contribution in [0.15, 0.2) is 47.9 Å². The van der Waals surface area contributed by atoms with Crippen molar-refractivity contribution in [3.05, 3.63) is 53.9 Å². The fourth-order valence-corrected chi connectivity index (χ4v) is 3.92. The monoisotopic (exact) mass is 425 g/mol. The van der Waals surface area contributed by atoms with Crippen LogP contribution in [0.1, 0.15) is 24.5 Å². The van der Waals surface area contributed by atoms with Gasteiger partial charge in [-0.15, -0.1) is 10.2 Å². The minimum Gasteiger partial charge on any atom is -0.382 e. The number of ether oxygens (including phenoxy) is 1. The summed E-state index contributed by atoms with van der Waals surface area (Å²) < 4.78 is 7.51. The number of benzene rings is 1. The van der Waals surface area contributed by atoms with Gasteiger partial charge in [0.15, 0.2) is 11.0 Å². The van der Waals surface area contributed by atoms with Crippen LogP contribution in [0.4, 0.5) is 5.69 Å². The van der Waals surface area contributed by atoms with Crippen molar-refractivity contribution in [2.45, 2.75) is 38.9 Å². The van der Waals surface area contributed by atoms with Crippen LogP contribution < -0.4 is 5.32 Å². The van der Waals surface area contributed by atoms with Crippen molar-refractivity contribution in [2.24, 2.45) is 0 Å². The van der Waals surface area contributed by atoms with Gasteiger partial charge in [-0.3, -0.25) is 9.78 Å². The molecule has 2 aromatic heterocycles. The Morgan fingerprint density at radius 3 is 2.57 bits per heavy atom. The topological polar surface area (TPSA) is 81.9 Å². The molecule has 0 bridgehead atoms. The van der Waals surface area contributed by atoms with Gasteiger partial charge in [0.1, 0.15) is 0 Å². The summed E-state index contributed by atoms with van der Waals surface area (Å²) >= 11 is 1.38. The molecule has 0 aliphatic rings. The Hall–Kier alpha value is -2.71. The minimum absolute atomic E-state index is 0.0701. The number of anilines is 1. The van der Waals surface area contributed by atoms with Gasteiger partial charge in [0.2, 0.25) is 5.91 Å². The number of aromatic nitrogens is 4. The van der Waals surface area contributed by atoms with Gasteiger partial charge in [0, 0.05) is 43.4 Å². The molecule has 0 aliphatic heterocycles. The molecule has 0 atom stereocenters. The first-order valence-corrected chi connectivity index (χ1v) is 11.0. The molecule has 1 N–H and O–H groups in total. The van der Waals surface area contributed by atoms with E-state index >= 15 is 0 Å². The number of rotatable bonds is 10. The van der Waals surface area contributed by atoms with Crippen molar-refractivity contribution in [2.75, 3.05) is 24.3 Å². The van der Waals surface area contributed by atoms with Crippen LogP contribution in [0.25, 0.3) is 11.4 Å². The normalized spacial score (nSPS) is 10.9. The molecule has 0 radical (unpaired) electrons.